The van der Waals surface area contributed by atoms with Crippen LogP contribution in [0.1, 0.15) is 18.5 Å². The van der Waals surface area contributed by atoms with E-state index in [1.165, 1.54) is 11.8 Å². The number of ketones is 1. The minimum atomic E-state index is -0.647. The zero-order valence-corrected chi connectivity index (χ0v) is 13.0. The number of rotatable bonds is 4. The van der Waals surface area contributed by atoms with E-state index in [2.05, 4.69) is 15.2 Å². The number of aromatic nitrogens is 1. The van der Waals surface area contributed by atoms with E-state index in [0.29, 0.717) is 11.5 Å². The first-order chi connectivity index (χ1) is 11.2. The van der Waals surface area contributed by atoms with Crippen LogP contribution >= 0.6 is 0 Å². The zero-order chi connectivity index (χ0) is 16.2. The Bertz CT molecular complexity index is 771. The predicted octanol–water partition coefficient (Wildman–Crippen LogP) is 2.27. The predicted molar refractivity (Wildman–Crippen MR) is 84.7 cm³/mol. The second-order valence-corrected chi connectivity index (χ2v) is 5.17. The molecule has 1 aromatic carbocycles. The van der Waals surface area contributed by atoms with Gasteiger partial charge >= 0.3 is 5.82 Å². The van der Waals surface area contributed by atoms with Crippen LogP contribution in [0, 0.1) is 0 Å². The number of hydrogen-bond donors (Lipinski definition) is 0. The molecule has 0 radical (unpaired) electrons. The van der Waals surface area contributed by atoms with Gasteiger partial charge in [0.1, 0.15) is 19.3 Å². The molecule has 0 amide bonds. The van der Waals surface area contributed by atoms with Gasteiger partial charge in [-0.05, 0) is 29.4 Å². The first-order valence-electron chi connectivity index (χ1n) is 7.29. The highest BCUT2D eigenvalue weighted by molar-refractivity contribution is 6.15. The summed E-state index contributed by atoms with van der Waals surface area (Å²) in [4.78, 5) is 22.2. The molecule has 6 nitrogen and oxygen atoms in total. The molecular formula is C17H17N4O2+. The maximum atomic E-state index is 12.6. The summed E-state index contributed by atoms with van der Waals surface area (Å²) < 4.78 is 1.48. The Morgan fingerprint density at radius 1 is 1.13 bits per heavy atom. The topological polar surface area (TPSA) is 67.3 Å². The van der Waals surface area contributed by atoms with Crippen molar-refractivity contribution in [3.8, 4) is 0 Å². The second-order valence-electron chi connectivity index (χ2n) is 5.17. The van der Waals surface area contributed by atoms with E-state index < -0.39 is 12.1 Å². The average Bonchev–Trinajstić information content (AvgIpc) is 2.88. The molecule has 2 heterocycles. The highest BCUT2D eigenvalue weighted by Crippen LogP contribution is 2.28. The summed E-state index contributed by atoms with van der Waals surface area (Å²) in [6.07, 6.45) is 1.72. The molecule has 1 aliphatic heterocycles. The van der Waals surface area contributed by atoms with E-state index in [1.54, 1.807) is 19.2 Å². The van der Waals surface area contributed by atoms with Gasteiger partial charge in [-0.2, -0.15) is 0 Å². The lowest BCUT2D eigenvalue weighted by Crippen LogP contribution is -2.40. The Morgan fingerprint density at radius 2 is 1.87 bits per heavy atom. The Morgan fingerprint density at radius 3 is 2.61 bits per heavy atom. The third-order valence-corrected chi connectivity index (χ3v) is 3.66. The van der Waals surface area contributed by atoms with Gasteiger partial charge in [0.05, 0.1) is 5.11 Å². The van der Waals surface area contributed by atoms with Crippen molar-refractivity contribution in [2.45, 2.75) is 19.0 Å². The first kappa shape index (κ1) is 15.0. The number of pyridine rings is 1. The van der Waals surface area contributed by atoms with Crippen LogP contribution in [0.15, 0.2) is 69.9 Å². The van der Waals surface area contributed by atoms with Crippen LogP contribution in [-0.2, 0) is 4.79 Å². The van der Waals surface area contributed by atoms with Crippen LogP contribution in [0.2, 0.25) is 0 Å². The molecule has 1 aliphatic rings. The molecule has 3 rings (SSSR count). The van der Waals surface area contributed by atoms with Crippen molar-refractivity contribution < 1.29 is 14.4 Å². The number of hydrogen-bond acceptors (Lipinski definition) is 5. The van der Waals surface area contributed by atoms with Crippen molar-refractivity contribution in [2.75, 3.05) is 7.11 Å². The van der Waals surface area contributed by atoms with Gasteiger partial charge in [-0.3, -0.25) is 9.79 Å². The highest BCUT2D eigenvalue weighted by atomic mass is 16.6. The summed E-state index contributed by atoms with van der Waals surface area (Å²) in [6, 6.07) is 13.8. The molecule has 23 heavy (non-hydrogen) atoms. The summed E-state index contributed by atoms with van der Waals surface area (Å²) in [5.74, 6) is 0.455. The lowest BCUT2D eigenvalue weighted by Gasteiger charge is -2.05. The first-order valence-corrected chi connectivity index (χ1v) is 7.29. The molecule has 0 saturated carbocycles. The van der Waals surface area contributed by atoms with Crippen LogP contribution in [-0.4, -0.2) is 24.6 Å². The van der Waals surface area contributed by atoms with Gasteiger partial charge in [0.2, 0.25) is 0 Å². The number of Topliss-reactive ketones (excluding diaryl/α,β-unsaturated/α-hetero) is 1. The molecule has 0 spiro atoms. The van der Waals surface area contributed by atoms with Gasteiger partial charge in [0, 0.05) is 11.8 Å². The van der Waals surface area contributed by atoms with Crippen molar-refractivity contribution in [1.29, 1.82) is 0 Å². The van der Waals surface area contributed by atoms with Gasteiger partial charge in [-0.1, -0.05) is 35.4 Å². The molecule has 6 heteroatoms. The summed E-state index contributed by atoms with van der Waals surface area (Å²) in [5.41, 5.74) is 1.55. The van der Waals surface area contributed by atoms with E-state index in [-0.39, 0.29) is 5.78 Å². The Kier molecular flexibility index (Phi) is 4.23. The van der Waals surface area contributed by atoms with Crippen molar-refractivity contribution in [1.82, 2.24) is 0 Å². The molecule has 2 atom stereocenters. The summed E-state index contributed by atoms with van der Waals surface area (Å²) in [7, 11) is 1.54. The molecule has 2 unspecified atom stereocenters. The van der Waals surface area contributed by atoms with Crippen LogP contribution in [0.4, 0.5) is 5.82 Å². The van der Waals surface area contributed by atoms with Crippen LogP contribution in [0.5, 0.6) is 0 Å². The average molecular weight is 309 g/mol. The number of carbonyl (C=O) groups is 1. The highest BCUT2D eigenvalue weighted by Gasteiger charge is 2.37. The lowest BCUT2D eigenvalue weighted by molar-refractivity contribution is -0.875. The molecule has 0 fully saturated rings. The third kappa shape index (κ3) is 3.01. The maximum absolute atomic E-state index is 12.6. The number of aliphatic imine (C=N–C) groups is 1. The van der Waals surface area contributed by atoms with Crippen molar-refractivity contribution in [2.24, 2.45) is 15.2 Å². The zero-order valence-electron chi connectivity index (χ0n) is 13.0. The van der Waals surface area contributed by atoms with Gasteiger partial charge in [-0.25, -0.2) is 0 Å². The molecule has 0 saturated heterocycles. The van der Waals surface area contributed by atoms with Crippen molar-refractivity contribution in [3.63, 3.8) is 0 Å². The van der Waals surface area contributed by atoms with Gasteiger partial charge in [0.15, 0.2) is 11.8 Å². The van der Waals surface area contributed by atoms with E-state index in [4.69, 9.17) is 4.84 Å². The molecule has 0 bridgehead atoms. The Labute approximate surface area is 134 Å². The summed E-state index contributed by atoms with van der Waals surface area (Å²) >= 11 is 0. The largest absolute Gasteiger partial charge is 0.388 e. The van der Waals surface area contributed by atoms with Crippen LogP contribution in [0.3, 0.4) is 0 Å². The fourth-order valence-corrected chi connectivity index (χ4v) is 2.48. The smallest absolute Gasteiger partial charge is 0.339 e. The van der Waals surface area contributed by atoms with E-state index in [1.807, 2.05) is 42.5 Å². The maximum Gasteiger partial charge on any atom is 0.388 e. The van der Waals surface area contributed by atoms with Gasteiger partial charge < -0.3 is 4.84 Å². The van der Waals surface area contributed by atoms with E-state index >= 15 is 0 Å². The Hall–Kier alpha value is -2.89. The second kappa shape index (κ2) is 6.48. The summed E-state index contributed by atoms with van der Waals surface area (Å²) in [5, 5.41) is 8.33. The fraction of sp³-hybridized carbons (Fsp3) is 0.235. The minimum absolute atomic E-state index is 0.0580. The monoisotopic (exact) mass is 309 g/mol. The number of azo groups is 1. The fourth-order valence-electron chi connectivity index (χ4n) is 2.48. The molecule has 2 aromatic rings. The van der Waals surface area contributed by atoms with Gasteiger partial charge in [-0.15, -0.1) is 0 Å². The number of benzene rings is 1. The molecule has 0 N–H and O–H groups in total. The lowest BCUT2D eigenvalue weighted by atomic mass is 10.0. The van der Waals surface area contributed by atoms with Gasteiger partial charge in [0.25, 0.3) is 0 Å². The normalized spacial score (nSPS) is 20.8. The standard InChI is InChI=1S/C17H17N4O2/c1-12-15(20-19-14-10-6-7-11-21(14)23-2)17(22)16(18-12)13-8-4-3-5-9-13/h3-11,15-16H,1-2H3/q+1. The third-order valence-electron chi connectivity index (χ3n) is 3.66. The Balaban J connectivity index is 1.83. The number of nitrogens with zero attached hydrogens (tertiary/aromatic N) is 4. The van der Waals surface area contributed by atoms with E-state index in [9.17, 15) is 4.79 Å². The minimum Gasteiger partial charge on any atom is -0.339 e. The molecular weight excluding hydrogens is 292 g/mol. The van der Waals surface area contributed by atoms with Crippen LogP contribution in [0.25, 0.3) is 0 Å². The van der Waals surface area contributed by atoms with E-state index in [0.717, 1.165) is 5.56 Å². The van der Waals surface area contributed by atoms with Crippen molar-refractivity contribution >= 4 is 17.3 Å². The molecule has 0 aliphatic carbocycles. The SMILES string of the molecule is CO[n+]1ccccc1N=NC1C(=O)C(c2ccccc2)N=C1C. The quantitative estimate of drug-likeness (QED) is 0.642. The number of carbonyl (C=O) groups excluding carboxylic acids is 1. The van der Waals surface area contributed by atoms with Crippen LogP contribution < -0.4 is 9.57 Å². The molecule has 116 valence electrons. The van der Waals surface area contributed by atoms with Crippen molar-refractivity contribution in [3.05, 3.63) is 60.3 Å². The molecule has 1 aromatic heterocycles. The summed E-state index contributed by atoms with van der Waals surface area (Å²) in [6.45, 7) is 1.81.